The summed E-state index contributed by atoms with van der Waals surface area (Å²) in [6, 6.07) is 2.00. The molecule has 0 radical (unpaired) electrons. The highest BCUT2D eigenvalue weighted by molar-refractivity contribution is 5.67. The lowest BCUT2D eigenvalue weighted by molar-refractivity contribution is -0.138. The second kappa shape index (κ2) is 6.20. The van der Waals surface area contributed by atoms with E-state index in [0.717, 1.165) is 43.3 Å². The zero-order valence-electron chi connectivity index (χ0n) is 12.5. The van der Waals surface area contributed by atoms with Crippen LogP contribution in [0, 0.1) is 12.8 Å². The molecule has 5 nitrogen and oxygen atoms in total. The molecule has 1 N–H and O–H groups in total. The van der Waals surface area contributed by atoms with E-state index in [4.69, 9.17) is 5.11 Å². The summed E-state index contributed by atoms with van der Waals surface area (Å²) in [4.78, 5) is 22.2. The quantitative estimate of drug-likeness (QED) is 0.916. The van der Waals surface area contributed by atoms with Crippen LogP contribution in [-0.2, 0) is 4.79 Å². The molecule has 1 aliphatic heterocycles. The second-order valence-electron chi connectivity index (χ2n) is 5.93. The smallest absolute Gasteiger partial charge is 0.303 e. The van der Waals surface area contributed by atoms with Gasteiger partial charge in [0, 0.05) is 37.2 Å². The van der Waals surface area contributed by atoms with Gasteiger partial charge in [0.05, 0.1) is 0 Å². The number of hydrogen-bond acceptors (Lipinski definition) is 4. The second-order valence-corrected chi connectivity index (χ2v) is 5.93. The summed E-state index contributed by atoms with van der Waals surface area (Å²) >= 11 is 0. The predicted molar refractivity (Wildman–Crippen MR) is 78.0 cm³/mol. The zero-order chi connectivity index (χ0) is 14.7. The lowest BCUT2D eigenvalue weighted by atomic mass is 9.95. The molecule has 0 saturated carbocycles. The van der Waals surface area contributed by atoms with Crippen LogP contribution in [0.5, 0.6) is 0 Å². The van der Waals surface area contributed by atoms with Gasteiger partial charge in [-0.1, -0.05) is 13.8 Å². The number of nitrogens with zero attached hydrogens (tertiary/aromatic N) is 3. The number of carboxylic acid groups (broad SMARTS) is 1. The van der Waals surface area contributed by atoms with Crippen LogP contribution in [0.1, 0.15) is 50.5 Å². The summed E-state index contributed by atoms with van der Waals surface area (Å²) in [6.07, 6.45) is 2.26. The highest BCUT2D eigenvalue weighted by Crippen LogP contribution is 2.25. The lowest BCUT2D eigenvalue weighted by Gasteiger charge is -2.33. The van der Waals surface area contributed by atoms with Gasteiger partial charge in [-0.15, -0.1) is 0 Å². The number of aromatic nitrogens is 2. The predicted octanol–water partition coefficient (Wildman–Crippen LogP) is 2.60. The SMILES string of the molecule is Cc1cc(N2CCCC(CC(=O)O)C2)nc(C(C)C)n1. The molecule has 1 aromatic rings. The summed E-state index contributed by atoms with van der Waals surface area (Å²) in [5.41, 5.74) is 0.971. The number of aryl methyl sites for hydroxylation is 1. The van der Waals surface area contributed by atoms with Crippen molar-refractivity contribution in [3.63, 3.8) is 0 Å². The van der Waals surface area contributed by atoms with E-state index in [1.54, 1.807) is 0 Å². The van der Waals surface area contributed by atoms with E-state index in [1.165, 1.54) is 0 Å². The van der Waals surface area contributed by atoms with Crippen LogP contribution in [0.15, 0.2) is 6.07 Å². The number of aliphatic carboxylic acids is 1. The fourth-order valence-electron chi connectivity index (χ4n) is 2.68. The number of hydrogen-bond donors (Lipinski definition) is 1. The Bertz CT molecular complexity index is 488. The Morgan fingerprint density at radius 2 is 2.25 bits per heavy atom. The van der Waals surface area contributed by atoms with Gasteiger partial charge in [0.2, 0.25) is 0 Å². The van der Waals surface area contributed by atoms with Crippen LogP contribution >= 0.6 is 0 Å². The van der Waals surface area contributed by atoms with E-state index >= 15 is 0 Å². The molecule has 1 fully saturated rings. The van der Waals surface area contributed by atoms with E-state index in [0.29, 0.717) is 5.92 Å². The van der Waals surface area contributed by atoms with Gasteiger partial charge < -0.3 is 10.0 Å². The molecule has 110 valence electrons. The Hall–Kier alpha value is -1.65. The fourth-order valence-corrected chi connectivity index (χ4v) is 2.68. The maximum atomic E-state index is 10.9. The number of anilines is 1. The van der Waals surface area contributed by atoms with Gasteiger partial charge in [0.1, 0.15) is 11.6 Å². The first-order valence-electron chi connectivity index (χ1n) is 7.28. The third kappa shape index (κ3) is 3.68. The third-order valence-electron chi connectivity index (χ3n) is 3.68. The van der Waals surface area contributed by atoms with Gasteiger partial charge in [-0.3, -0.25) is 4.79 Å². The minimum atomic E-state index is -0.710. The monoisotopic (exact) mass is 277 g/mol. The van der Waals surface area contributed by atoms with E-state index < -0.39 is 5.97 Å². The molecular formula is C15H23N3O2. The molecule has 1 atom stereocenters. The Morgan fingerprint density at radius 1 is 1.50 bits per heavy atom. The van der Waals surface area contributed by atoms with Crippen LogP contribution in [0.25, 0.3) is 0 Å². The van der Waals surface area contributed by atoms with Gasteiger partial charge >= 0.3 is 5.97 Å². The first-order chi connectivity index (χ1) is 9.45. The number of carbonyl (C=O) groups is 1. The maximum absolute atomic E-state index is 10.9. The molecule has 0 bridgehead atoms. The average molecular weight is 277 g/mol. The average Bonchev–Trinajstić information content (AvgIpc) is 2.37. The van der Waals surface area contributed by atoms with Gasteiger partial charge in [0.25, 0.3) is 0 Å². The third-order valence-corrected chi connectivity index (χ3v) is 3.68. The number of carboxylic acids is 1. The van der Waals surface area contributed by atoms with E-state index in [9.17, 15) is 4.79 Å². The molecule has 0 amide bonds. The van der Waals surface area contributed by atoms with Gasteiger partial charge in [0.15, 0.2) is 0 Å². The highest BCUT2D eigenvalue weighted by Gasteiger charge is 2.23. The van der Waals surface area contributed by atoms with Crippen molar-refractivity contribution in [3.05, 3.63) is 17.6 Å². The van der Waals surface area contributed by atoms with Crippen molar-refractivity contribution in [2.45, 2.75) is 46.0 Å². The van der Waals surface area contributed by atoms with Crippen molar-refractivity contribution in [3.8, 4) is 0 Å². The van der Waals surface area contributed by atoms with E-state index in [-0.39, 0.29) is 12.3 Å². The van der Waals surface area contributed by atoms with Crippen LogP contribution in [-0.4, -0.2) is 34.1 Å². The molecule has 20 heavy (non-hydrogen) atoms. The molecule has 0 aliphatic carbocycles. The van der Waals surface area contributed by atoms with Gasteiger partial charge in [-0.2, -0.15) is 0 Å². The van der Waals surface area contributed by atoms with Crippen LogP contribution in [0.3, 0.4) is 0 Å². The molecule has 0 aromatic carbocycles. The first kappa shape index (κ1) is 14.8. The normalized spacial score (nSPS) is 19.4. The number of rotatable bonds is 4. The fraction of sp³-hybridized carbons (Fsp3) is 0.667. The molecular weight excluding hydrogens is 254 g/mol. The molecule has 5 heteroatoms. The molecule has 1 saturated heterocycles. The highest BCUT2D eigenvalue weighted by atomic mass is 16.4. The van der Waals surface area contributed by atoms with E-state index in [2.05, 4.69) is 28.7 Å². The summed E-state index contributed by atoms with van der Waals surface area (Å²) in [7, 11) is 0. The van der Waals surface area contributed by atoms with Crippen molar-refractivity contribution >= 4 is 11.8 Å². The largest absolute Gasteiger partial charge is 0.481 e. The first-order valence-corrected chi connectivity index (χ1v) is 7.28. The Labute approximate surface area is 120 Å². The van der Waals surface area contributed by atoms with Crippen molar-refractivity contribution < 1.29 is 9.90 Å². The minimum Gasteiger partial charge on any atom is -0.481 e. The molecule has 2 rings (SSSR count). The van der Waals surface area contributed by atoms with Crippen molar-refractivity contribution in [1.29, 1.82) is 0 Å². The van der Waals surface area contributed by atoms with Crippen LogP contribution in [0.2, 0.25) is 0 Å². The van der Waals surface area contributed by atoms with Gasteiger partial charge in [-0.25, -0.2) is 9.97 Å². The Morgan fingerprint density at radius 3 is 2.90 bits per heavy atom. The van der Waals surface area contributed by atoms with Crippen LogP contribution < -0.4 is 4.90 Å². The Balaban J connectivity index is 2.16. The standard InChI is InChI=1S/C15H23N3O2/c1-10(2)15-16-11(3)7-13(17-15)18-6-4-5-12(9-18)8-14(19)20/h7,10,12H,4-6,8-9H2,1-3H3,(H,19,20). The summed E-state index contributed by atoms with van der Waals surface area (Å²) in [6.45, 7) is 7.88. The molecule has 1 aliphatic rings. The van der Waals surface area contributed by atoms with Gasteiger partial charge in [-0.05, 0) is 25.7 Å². The zero-order valence-corrected chi connectivity index (χ0v) is 12.5. The lowest BCUT2D eigenvalue weighted by Crippen LogP contribution is -2.37. The summed E-state index contributed by atoms with van der Waals surface area (Å²) in [5, 5.41) is 8.94. The molecule has 0 spiro atoms. The topological polar surface area (TPSA) is 66.3 Å². The molecule has 1 unspecified atom stereocenters. The van der Waals surface area contributed by atoms with Crippen molar-refractivity contribution in [1.82, 2.24) is 9.97 Å². The summed E-state index contributed by atoms with van der Waals surface area (Å²) < 4.78 is 0. The molecule has 1 aromatic heterocycles. The Kier molecular flexibility index (Phi) is 4.57. The molecule has 2 heterocycles. The maximum Gasteiger partial charge on any atom is 0.303 e. The van der Waals surface area contributed by atoms with Crippen molar-refractivity contribution in [2.75, 3.05) is 18.0 Å². The van der Waals surface area contributed by atoms with E-state index in [1.807, 2.05) is 13.0 Å². The van der Waals surface area contributed by atoms with Crippen LogP contribution in [0.4, 0.5) is 5.82 Å². The summed E-state index contributed by atoms with van der Waals surface area (Å²) in [5.74, 6) is 1.61. The number of piperidine rings is 1. The van der Waals surface area contributed by atoms with Crippen molar-refractivity contribution in [2.24, 2.45) is 5.92 Å². The minimum absolute atomic E-state index is 0.221.